The van der Waals surface area contributed by atoms with E-state index >= 15 is 0 Å². The molecule has 23 heavy (non-hydrogen) atoms. The number of aromatic nitrogens is 2. The minimum atomic E-state index is -0.296. The minimum Gasteiger partial charge on any atom is -0.319 e. The molecule has 5 nitrogen and oxygen atoms in total. The first kappa shape index (κ1) is 15.3. The van der Waals surface area contributed by atoms with Crippen molar-refractivity contribution in [2.45, 2.75) is 13.8 Å². The summed E-state index contributed by atoms with van der Waals surface area (Å²) in [6.45, 7) is 3.74. The number of carbonyl (C=O) groups excluding carboxylic acids is 1. The van der Waals surface area contributed by atoms with E-state index in [2.05, 4.69) is 32.3 Å². The molecule has 3 rings (SSSR count). The predicted molar refractivity (Wildman–Crippen MR) is 91.5 cm³/mol. The number of imidazole rings is 1. The van der Waals surface area contributed by atoms with Crippen LogP contribution in [0.15, 0.2) is 41.0 Å². The first-order valence-corrected chi connectivity index (χ1v) is 7.76. The van der Waals surface area contributed by atoms with Crippen molar-refractivity contribution in [3.63, 3.8) is 0 Å². The number of carbonyl (C=O) groups is 1. The van der Waals surface area contributed by atoms with E-state index < -0.39 is 0 Å². The molecule has 2 aromatic heterocycles. The fraction of sp³-hybridized carbons (Fsp3) is 0.118. The van der Waals surface area contributed by atoms with Gasteiger partial charge in [-0.05, 0) is 53.5 Å². The highest BCUT2D eigenvalue weighted by atomic mass is 79.9. The molecule has 0 bridgehead atoms. The zero-order chi connectivity index (χ0) is 16.6. The maximum Gasteiger partial charge on any atom is 0.274 e. The second-order valence-electron chi connectivity index (χ2n) is 5.19. The van der Waals surface area contributed by atoms with Gasteiger partial charge in [0.1, 0.15) is 17.4 Å². The predicted octanol–water partition coefficient (Wildman–Crippen LogP) is 3.84. The summed E-state index contributed by atoms with van der Waals surface area (Å²) >= 11 is 3.44. The van der Waals surface area contributed by atoms with Crippen LogP contribution >= 0.6 is 15.9 Å². The lowest BCUT2D eigenvalue weighted by atomic mass is 10.2. The molecule has 0 aliphatic heterocycles. The average molecular weight is 369 g/mol. The number of amides is 1. The van der Waals surface area contributed by atoms with Crippen LogP contribution in [0, 0.1) is 25.2 Å². The number of nitriles is 1. The van der Waals surface area contributed by atoms with Crippen LogP contribution in [-0.2, 0) is 0 Å². The van der Waals surface area contributed by atoms with Crippen molar-refractivity contribution in [3.8, 4) is 6.07 Å². The van der Waals surface area contributed by atoms with E-state index in [-0.39, 0.29) is 5.91 Å². The van der Waals surface area contributed by atoms with Crippen LogP contribution in [0.25, 0.3) is 5.65 Å². The van der Waals surface area contributed by atoms with Crippen LogP contribution in [0.1, 0.15) is 27.3 Å². The molecule has 0 fully saturated rings. The molecule has 1 amide bonds. The number of benzene rings is 1. The Balaban J connectivity index is 2.08. The van der Waals surface area contributed by atoms with Crippen molar-refractivity contribution in [1.29, 1.82) is 5.26 Å². The Bertz CT molecular complexity index is 969. The molecule has 0 spiro atoms. The van der Waals surface area contributed by atoms with Crippen molar-refractivity contribution in [2.75, 3.05) is 5.32 Å². The first-order chi connectivity index (χ1) is 11.0. The normalized spacial score (nSPS) is 10.5. The number of rotatable bonds is 2. The smallest absolute Gasteiger partial charge is 0.274 e. The van der Waals surface area contributed by atoms with E-state index in [0.29, 0.717) is 22.6 Å². The van der Waals surface area contributed by atoms with Crippen LogP contribution in [0.3, 0.4) is 0 Å². The van der Waals surface area contributed by atoms with Crippen molar-refractivity contribution in [3.05, 3.63) is 63.5 Å². The number of aryl methyl sites for hydroxylation is 2. The maximum absolute atomic E-state index is 12.7. The number of pyridine rings is 1. The van der Waals surface area contributed by atoms with E-state index in [0.717, 1.165) is 15.7 Å². The fourth-order valence-electron chi connectivity index (χ4n) is 2.53. The number of hydrogen-bond donors (Lipinski definition) is 1. The van der Waals surface area contributed by atoms with Gasteiger partial charge in [-0.15, -0.1) is 0 Å². The third kappa shape index (κ3) is 2.71. The Morgan fingerprint density at radius 2 is 2.09 bits per heavy atom. The molecule has 0 atom stereocenters. The molecule has 0 radical (unpaired) electrons. The lowest BCUT2D eigenvalue weighted by Crippen LogP contribution is -2.16. The molecule has 1 N–H and O–H groups in total. The van der Waals surface area contributed by atoms with Gasteiger partial charge in [0, 0.05) is 10.7 Å². The van der Waals surface area contributed by atoms with Crippen molar-refractivity contribution in [2.24, 2.45) is 0 Å². The largest absolute Gasteiger partial charge is 0.319 e. The highest BCUT2D eigenvalue weighted by molar-refractivity contribution is 9.10. The molecule has 6 heteroatoms. The number of hydrogen-bond acceptors (Lipinski definition) is 3. The van der Waals surface area contributed by atoms with Crippen molar-refractivity contribution in [1.82, 2.24) is 9.38 Å². The Morgan fingerprint density at radius 3 is 2.83 bits per heavy atom. The Hall–Kier alpha value is -2.65. The fourth-order valence-corrected chi connectivity index (χ4v) is 3.07. The van der Waals surface area contributed by atoms with Gasteiger partial charge in [0.2, 0.25) is 0 Å². The highest BCUT2D eigenvalue weighted by Gasteiger charge is 2.19. The molecular formula is C17H13BrN4O. The lowest BCUT2D eigenvalue weighted by Gasteiger charge is -2.08. The Kier molecular flexibility index (Phi) is 3.89. The lowest BCUT2D eigenvalue weighted by molar-refractivity contribution is 0.102. The van der Waals surface area contributed by atoms with Gasteiger partial charge in [-0.25, -0.2) is 4.98 Å². The SMILES string of the molecule is Cc1nc2c(C)cc(Br)cn2c1C(=O)Nc1ccccc1C#N. The van der Waals surface area contributed by atoms with Crippen molar-refractivity contribution < 1.29 is 4.79 Å². The molecule has 0 aliphatic rings. The zero-order valence-corrected chi connectivity index (χ0v) is 14.2. The summed E-state index contributed by atoms with van der Waals surface area (Å²) in [6.07, 6.45) is 1.81. The third-order valence-corrected chi connectivity index (χ3v) is 3.99. The summed E-state index contributed by atoms with van der Waals surface area (Å²) < 4.78 is 2.63. The monoisotopic (exact) mass is 368 g/mol. The second-order valence-corrected chi connectivity index (χ2v) is 6.11. The number of anilines is 1. The number of fused-ring (bicyclic) bond motifs is 1. The van der Waals surface area contributed by atoms with Crippen LogP contribution < -0.4 is 5.32 Å². The van der Waals surface area contributed by atoms with Crippen molar-refractivity contribution >= 4 is 33.2 Å². The molecule has 0 aliphatic carbocycles. The van der Waals surface area contributed by atoms with Gasteiger partial charge < -0.3 is 5.32 Å². The number of nitrogens with zero attached hydrogens (tertiary/aromatic N) is 3. The van der Waals surface area contributed by atoms with E-state index in [1.807, 2.05) is 19.2 Å². The van der Waals surface area contributed by atoms with Gasteiger partial charge in [0.25, 0.3) is 5.91 Å². The Morgan fingerprint density at radius 1 is 1.35 bits per heavy atom. The van der Waals surface area contributed by atoms with Gasteiger partial charge in [0.15, 0.2) is 0 Å². The topological polar surface area (TPSA) is 70.2 Å². The molecule has 0 unspecified atom stereocenters. The van der Waals surface area contributed by atoms with E-state index in [1.54, 1.807) is 35.6 Å². The molecule has 0 saturated heterocycles. The van der Waals surface area contributed by atoms with Gasteiger partial charge in [-0.3, -0.25) is 9.20 Å². The van der Waals surface area contributed by atoms with Crippen LogP contribution in [0.4, 0.5) is 5.69 Å². The average Bonchev–Trinajstić information content (AvgIpc) is 2.84. The molecule has 1 aromatic carbocycles. The molecule has 3 aromatic rings. The van der Waals surface area contributed by atoms with E-state index in [9.17, 15) is 4.79 Å². The standard InChI is InChI=1S/C17H13BrN4O/c1-10-7-13(18)9-22-15(11(2)20-16(10)22)17(23)21-14-6-4-3-5-12(14)8-19/h3-7,9H,1-2H3,(H,21,23). The zero-order valence-electron chi connectivity index (χ0n) is 12.6. The summed E-state index contributed by atoms with van der Waals surface area (Å²) in [7, 11) is 0. The molecule has 2 heterocycles. The van der Waals surface area contributed by atoms with Gasteiger partial charge in [0.05, 0.1) is 16.9 Å². The van der Waals surface area contributed by atoms with Gasteiger partial charge >= 0.3 is 0 Å². The number of halogens is 1. The molecule has 0 saturated carbocycles. The number of nitrogens with one attached hydrogen (secondary N) is 1. The molecule has 114 valence electrons. The quantitative estimate of drug-likeness (QED) is 0.746. The van der Waals surface area contributed by atoms with Crippen LogP contribution in [0.2, 0.25) is 0 Å². The first-order valence-electron chi connectivity index (χ1n) is 6.96. The van der Waals surface area contributed by atoms with Gasteiger partial charge in [-0.1, -0.05) is 12.1 Å². The summed E-state index contributed by atoms with van der Waals surface area (Å²) in [5.74, 6) is -0.296. The Labute approximate surface area is 141 Å². The van der Waals surface area contributed by atoms with E-state index in [1.165, 1.54) is 0 Å². The van der Waals surface area contributed by atoms with Crippen LogP contribution in [-0.4, -0.2) is 15.3 Å². The van der Waals surface area contributed by atoms with Crippen LogP contribution in [0.5, 0.6) is 0 Å². The summed E-state index contributed by atoms with van der Waals surface area (Å²) in [5, 5.41) is 11.9. The summed E-state index contributed by atoms with van der Waals surface area (Å²) in [5.41, 5.74) is 3.71. The summed E-state index contributed by atoms with van der Waals surface area (Å²) in [4.78, 5) is 17.2. The highest BCUT2D eigenvalue weighted by Crippen LogP contribution is 2.22. The number of para-hydroxylation sites is 1. The minimum absolute atomic E-state index is 0.296. The molecular weight excluding hydrogens is 356 g/mol. The van der Waals surface area contributed by atoms with E-state index in [4.69, 9.17) is 5.26 Å². The van der Waals surface area contributed by atoms with Gasteiger partial charge in [-0.2, -0.15) is 5.26 Å². The summed E-state index contributed by atoms with van der Waals surface area (Å²) in [6, 6.07) is 10.9. The maximum atomic E-state index is 12.7. The third-order valence-electron chi connectivity index (χ3n) is 3.56. The second kappa shape index (κ2) is 5.86.